The van der Waals surface area contributed by atoms with E-state index in [-0.39, 0.29) is 24.3 Å². The van der Waals surface area contributed by atoms with Gasteiger partial charge < -0.3 is 15.7 Å². The highest BCUT2D eigenvalue weighted by Crippen LogP contribution is 2.28. The van der Waals surface area contributed by atoms with Crippen LogP contribution in [0.5, 0.6) is 0 Å². The van der Waals surface area contributed by atoms with Crippen molar-refractivity contribution in [3.8, 4) is 11.1 Å². The van der Waals surface area contributed by atoms with Crippen molar-refractivity contribution < 1.29 is 18.7 Å². The van der Waals surface area contributed by atoms with Gasteiger partial charge in [0, 0.05) is 44.9 Å². The third kappa shape index (κ3) is 8.24. The molecule has 1 amide bonds. The molecule has 194 valence electrons. The Morgan fingerprint density at radius 2 is 1.81 bits per heavy atom. The second-order valence-electron chi connectivity index (χ2n) is 10.6. The molecular formula is C28H36F2N4O2. The van der Waals surface area contributed by atoms with Crippen LogP contribution in [0.25, 0.3) is 11.1 Å². The molecule has 1 aromatic heterocycles. The van der Waals surface area contributed by atoms with E-state index >= 15 is 0 Å². The van der Waals surface area contributed by atoms with E-state index in [0.29, 0.717) is 12.1 Å². The molecule has 3 N–H and O–H groups in total. The number of aryl methyl sites for hydroxylation is 1. The number of carbonyl (C=O) groups is 1. The Hall–Kier alpha value is -3.10. The van der Waals surface area contributed by atoms with Gasteiger partial charge in [0.1, 0.15) is 11.6 Å². The summed E-state index contributed by atoms with van der Waals surface area (Å²) in [7, 11) is 1.87. The summed E-state index contributed by atoms with van der Waals surface area (Å²) in [6, 6.07) is 8.91. The lowest BCUT2D eigenvalue weighted by atomic mass is 9.86. The van der Waals surface area contributed by atoms with E-state index in [1.165, 1.54) is 24.6 Å². The second-order valence-corrected chi connectivity index (χ2v) is 10.6. The van der Waals surface area contributed by atoms with Gasteiger partial charge in [-0.05, 0) is 52.6 Å². The molecule has 1 heterocycles. The van der Waals surface area contributed by atoms with Crippen molar-refractivity contribution in [3.05, 3.63) is 77.1 Å². The van der Waals surface area contributed by atoms with Gasteiger partial charge in [-0.1, -0.05) is 39.0 Å². The molecule has 0 radical (unpaired) electrons. The topological polar surface area (TPSA) is 79.2 Å². The van der Waals surface area contributed by atoms with Gasteiger partial charge in [-0.15, -0.1) is 0 Å². The highest BCUT2D eigenvalue weighted by molar-refractivity contribution is 5.73. The fourth-order valence-corrected chi connectivity index (χ4v) is 4.38. The monoisotopic (exact) mass is 498 g/mol. The molecule has 8 heteroatoms. The molecule has 2 aromatic carbocycles. The maximum atomic E-state index is 13.6. The van der Waals surface area contributed by atoms with Crippen LogP contribution in [-0.2, 0) is 31.2 Å². The number of aliphatic hydroxyl groups excluding tert-OH is 1. The Morgan fingerprint density at radius 1 is 1.11 bits per heavy atom. The summed E-state index contributed by atoms with van der Waals surface area (Å²) >= 11 is 0. The van der Waals surface area contributed by atoms with Crippen LogP contribution in [0.4, 0.5) is 8.78 Å². The van der Waals surface area contributed by atoms with Gasteiger partial charge in [0.25, 0.3) is 0 Å². The number of nitrogens with zero attached hydrogens (tertiary/aromatic N) is 2. The van der Waals surface area contributed by atoms with Crippen LogP contribution < -0.4 is 10.6 Å². The fourth-order valence-electron chi connectivity index (χ4n) is 4.38. The van der Waals surface area contributed by atoms with Crippen molar-refractivity contribution in [2.24, 2.45) is 12.5 Å². The molecule has 3 aromatic rings. The normalized spacial score (nSPS) is 13.4. The number of aliphatic hydroxyl groups is 1. The molecule has 3 rings (SSSR count). The first kappa shape index (κ1) is 27.5. The molecule has 0 spiro atoms. The van der Waals surface area contributed by atoms with Crippen molar-refractivity contribution in [2.75, 3.05) is 6.54 Å². The van der Waals surface area contributed by atoms with Crippen molar-refractivity contribution in [1.29, 1.82) is 0 Å². The average molecular weight is 499 g/mol. The van der Waals surface area contributed by atoms with E-state index in [4.69, 9.17) is 0 Å². The summed E-state index contributed by atoms with van der Waals surface area (Å²) in [6.45, 7) is 8.61. The molecule has 2 unspecified atom stereocenters. The molecular weight excluding hydrogens is 462 g/mol. The fraction of sp³-hybridized carbons (Fsp3) is 0.429. The largest absolute Gasteiger partial charge is 0.390 e. The van der Waals surface area contributed by atoms with Crippen molar-refractivity contribution in [2.45, 2.75) is 59.2 Å². The molecule has 0 saturated carbocycles. The minimum Gasteiger partial charge on any atom is -0.390 e. The number of rotatable bonds is 10. The van der Waals surface area contributed by atoms with Gasteiger partial charge in [-0.3, -0.25) is 9.48 Å². The highest BCUT2D eigenvalue weighted by atomic mass is 19.1. The minimum absolute atomic E-state index is 0.0963. The number of benzene rings is 2. The molecule has 0 bridgehead atoms. The van der Waals surface area contributed by atoms with Gasteiger partial charge in [-0.25, -0.2) is 8.78 Å². The van der Waals surface area contributed by atoms with Gasteiger partial charge in [0.05, 0.1) is 18.3 Å². The maximum absolute atomic E-state index is 13.6. The van der Waals surface area contributed by atoms with Crippen LogP contribution in [0.3, 0.4) is 0 Å². The minimum atomic E-state index is -0.972. The van der Waals surface area contributed by atoms with Crippen LogP contribution in [0.1, 0.15) is 44.4 Å². The maximum Gasteiger partial charge on any atom is 0.217 e. The first-order valence-corrected chi connectivity index (χ1v) is 12.1. The third-order valence-corrected chi connectivity index (χ3v) is 5.82. The number of hydrogen-bond acceptors (Lipinski definition) is 4. The van der Waals surface area contributed by atoms with Crippen molar-refractivity contribution in [3.63, 3.8) is 0 Å². The Morgan fingerprint density at radius 3 is 2.39 bits per heavy atom. The summed E-state index contributed by atoms with van der Waals surface area (Å²) in [4.78, 5) is 11.7. The van der Waals surface area contributed by atoms with E-state index in [1.807, 2.05) is 19.4 Å². The molecule has 36 heavy (non-hydrogen) atoms. The Bertz CT molecular complexity index is 1170. The molecule has 2 atom stereocenters. The standard InChI is InChI=1S/C28H36F2N4O2/c1-18(35)33-26(11-20-9-23(29)12-24(30)10-20)27(36)16-31-14-21-8-19(13-28(2,3)4)6-7-25(21)22-15-32-34(5)17-22/h6-10,12,15,17,26-27,31,36H,11,13-14,16H2,1-5H3,(H,33,35). The zero-order chi connectivity index (χ0) is 26.5. The zero-order valence-corrected chi connectivity index (χ0v) is 21.6. The summed E-state index contributed by atoms with van der Waals surface area (Å²) < 4.78 is 29.0. The Balaban J connectivity index is 1.74. The molecule has 6 nitrogen and oxygen atoms in total. The van der Waals surface area contributed by atoms with Gasteiger partial charge in [0.2, 0.25) is 5.91 Å². The first-order chi connectivity index (χ1) is 16.9. The van der Waals surface area contributed by atoms with Crippen LogP contribution in [-0.4, -0.2) is 39.5 Å². The summed E-state index contributed by atoms with van der Waals surface area (Å²) in [5, 5.41) is 21.1. The number of halogens is 2. The van der Waals surface area contributed by atoms with Crippen LogP contribution in [0.2, 0.25) is 0 Å². The third-order valence-electron chi connectivity index (χ3n) is 5.82. The number of carbonyl (C=O) groups excluding carboxylic acids is 1. The van der Waals surface area contributed by atoms with Crippen LogP contribution in [0.15, 0.2) is 48.8 Å². The van der Waals surface area contributed by atoms with E-state index < -0.39 is 23.8 Å². The van der Waals surface area contributed by atoms with Gasteiger partial charge >= 0.3 is 0 Å². The number of nitrogens with one attached hydrogen (secondary N) is 2. The Kier molecular flexibility index (Phi) is 8.98. The average Bonchev–Trinajstić information content (AvgIpc) is 3.17. The molecule has 0 aliphatic carbocycles. The molecule has 0 aliphatic heterocycles. The lowest BCUT2D eigenvalue weighted by molar-refractivity contribution is -0.120. The van der Waals surface area contributed by atoms with Crippen molar-refractivity contribution >= 4 is 5.91 Å². The van der Waals surface area contributed by atoms with Crippen LogP contribution >= 0.6 is 0 Å². The van der Waals surface area contributed by atoms with Crippen molar-refractivity contribution in [1.82, 2.24) is 20.4 Å². The summed E-state index contributed by atoms with van der Waals surface area (Å²) in [6.07, 6.45) is 3.83. The molecule has 0 aliphatic rings. The molecule has 0 saturated heterocycles. The first-order valence-electron chi connectivity index (χ1n) is 12.1. The zero-order valence-electron chi connectivity index (χ0n) is 21.6. The highest BCUT2D eigenvalue weighted by Gasteiger charge is 2.22. The second kappa shape index (κ2) is 11.8. The van der Waals surface area contributed by atoms with E-state index in [9.17, 15) is 18.7 Å². The Labute approximate surface area is 211 Å². The van der Waals surface area contributed by atoms with E-state index in [1.54, 1.807) is 4.68 Å². The summed E-state index contributed by atoms with van der Waals surface area (Å²) in [5.74, 6) is -1.72. The number of amides is 1. The quantitative estimate of drug-likeness (QED) is 0.392. The lowest BCUT2D eigenvalue weighted by Crippen LogP contribution is -2.48. The lowest BCUT2D eigenvalue weighted by Gasteiger charge is -2.25. The van der Waals surface area contributed by atoms with Gasteiger partial charge in [0.15, 0.2) is 0 Å². The summed E-state index contributed by atoms with van der Waals surface area (Å²) in [5.41, 5.74) is 4.84. The smallest absolute Gasteiger partial charge is 0.217 e. The number of aromatic nitrogens is 2. The van der Waals surface area contributed by atoms with E-state index in [2.05, 4.69) is 54.7 Å². The number of hydrogen-bond donors (Lipinski definition) is 3. The van der Waals surface area contributed by atoms with E-state index in [0.717, 1.165) is 29.2 Å². The van der Waals surface area contributed by atoms with Gasteiger partial charge in [-0.2, -0.15) is 5.10 Å². The SMILES string of the molecule is CC(=O)NC(Cc1cc(F)cc(F)c1)C(O)CNCc1cc(CC(C)(C)C)ccc1-c1cnn(C)c1. The predicted molar refractivity (Wildman–Crippen MR) is 137 cm³/mol. The van der Waals surface area contributed by atoms with Crippen LogP contribution in [0, 0.1) is 17.0 Å². The molecule has 0 fully saturated rings. The predicted octanol–water partition coefficient (Wildman–Crippen LogP) is 4.15.